The molecule has 0 bridgehead atoms. The molecule has 1 aromatic rings. The summed E-state index contributed by atoms with van der Waals surface area (Å²) in [7, 11) is 0. The number of aryl methyl sites for hydroxylation is 1. The lowest BCUT2D eigenvalue weighted by molar-refractivity contribution is 0.0696. The third-order valence-electron chi connectivity index (χ3n) is 3.72. The molecule has 1 atom stereocenters. The van der Waals surface area contributed by atoms with Crippen LogP contribution in [0.1, 0.15) is 46.0 Å². The summed E-state index contributed by atoms with van der Waals surface area (Å²) in [5.41, 5.74) is 1.46. The Morgan fingerprint density at radius 2 is 2.00 bits per heavy atom. The third kappa shape index (κ3) is 2.95. The number of carboxylic acid groups (broad SMARTS) is 1. The first kappa shape index (κ1) is 13.6. The highest BCUT2D eigenvalue weighted by Gasteiger charge is 2.26. The zero-order valence-electron chi connectivity index (χ0n) is 11.3. The predicted octanol–water partition coefficient (Wildman–Crippen LogP) is 2.57. The van der Waals surface area contributed by atoms with Crippen LogP contribution in [0.15, 0.2) is 18.2 Å². The van der Waals surface area contributed by atoms with Crippen LogP contribution in [0.4, 0.5) is 0 Å². The average Bonchev–Trinajstić information content (AvgIpc) is 2.85. The second-order valence-electron chi connectivity index (χ2n) is 5.21. The number of amides is 1. The van der Waals surface area contributed by atoms with E-state index in [9.17, 15) is 9.59 Å². The smallest absolute Gasteiger partial charge is 0.335 e. The maximum absolute atomic E-state index is 12.4. The number of carbonyl (C=O) groups is 2. The summed E-state index contributed by atoms with van der Waals surface area (Å²) in [4.78, 5) is 25.2. The highest BCUT2D eigenvalue weighted by atomic mass is 16.4. The number of hydrogen-bond donors (Lipinski definition) is 1. The largest absolute Gasteiger partial charge is 0.478 e. The molecule has 2 rings (SSSR count). The van der Waals surface area contributed by atoms with Gasteiger partial charge >= 0.3 is 5.97 Å². The van der Waals surface area contributed by atoms with Crippen LogP contribution in [0, 0.1) is 12.8 Å². The highest BCUT2D eigenvalue weighted by Crippen LogP contribution is 2.22. The number of benzene rings is 1. The standard InChI is InChI=1S/C15H19NO3/c1-3-11-4-5-16(9-11)14(17)12-6-10(2)7-13(8-12)15(18)19/h6-8,11H,3-5,9H2,1-2H3,(H,18,19). The molecular weight excluding hydrogens is 242 g/mol. The Kier molecular flexibility index (Phi) is 3.88. The number of likely N-dealkylation sites (tertiary alicyclic amines) is 1. The second-order valence-corrected chi connectivity index (χ2v) is 5.21. The van der Waals surface area contributed by atoms with Crippen molar-refractivity contribution in [1.29, 1.82) is 0 Å². The molecule has 1 aromatic carbocycles. The SMILES string of the molecule is CCC1CCN(C(=O)c2cc(C)cc(C(=O)O)c2)C1. The van der Waals surface area contributed by atoms with Gasteiger partial charge in [-0.25, -0.2) is 4.79 Å². The minimum absolute atomic E-state index is 0.0536. The Hall–Kier alpha value is -1.84. The fourth-order valence-corrected chi connectivity index (χ4v) is 2.56. The lowest BCUT2D eigenvalue weighted by atomic mass is 10.1. The highest BCUT2D eigenvalue weighted by molar-refractivity contribution is 5.98. The van der Waals surface area contributed by atoms with Gasteiger partial charge in [0.15, 0.2) is 0 Å². The molecule has 0 saturated carbocycles. The topological polar surface area (TPSA) is 57.6 Å². The molecule has 0 radical (unpaired) electrons. The van der Waals surface area contributed by atoms with Gasteiger partial charge in [0.05, 0.1) is 5.56 Å². The molecule has 1 aliphatic heterocycles. The van der Waals surface area contributed by atoms with Crippen molar-refractivity contribution in [2.45, 2.75) is 26.7 Å². The Balaban J connectivity index is 2.22. The summed E-state index contributed by atoms with van der Waals surface area (Å²) in [6, 6.07) is 4.81. The van der Waals surface area contributed by atoms with Crippen molar-refractivity contribution in [1.82, 2.24) is 4.90 Å². The van der Waals surface area contributed by atoms with E-state index in [1.54, 1.807) is 12.1 Å². The molecule has 1 N–H and O–H groups in total. The Labute approximate surface area is 113 Å². The third-order valence-corrected chi connectivity index (χ3v) is 3.72. The van der Waals surface area contributed by atoms with E-state index >= 15 is 0 Å². The van der Waals surface area contributed by atoms with Crippen LogP contribution in [0.3, 0.4) is 0 Å². The van der Waals surface area contributed by atoms with E-state index in [1.165, 1.54) is 6.07 Å². The van der Waals surface area contributed by atoms with Gasteiger partial charge in [-0.2, -0.15) is 0 Å². The first-order valence-corrected chi connectivity index (χ1v) is 6.65. The molecule has 4 nitrogen and oxygen atoms in total. The Bertz CT molecular complexity index is 510. The molecule has 1 saturated heterocycles. The molecule has 1 amide bonds. The van der Waals surface area contributed by atoms with Gasteiger partial charge in [0.25, 0.3) is 5.91 Å². The summed E-state index contributed by atoms with van der Waals surface area (Å²) in [5.74, 6) is -0.472. The van der Waals surface area contributed by atoms with E-state index in [4.69, 9.17) is 5.11 Å². The van der Waals surface area contributed by atoms with Crippen molar-refractivity contribution < 1.29 is 14.7 Å². The Morgan fingerprint density at radius 1 is 1.32 bits per heavy atom. The number of carboxylic acids is 1. The molecule has 1 fully saturated rings. The number of hydrogen-bond acceptors (Lipinski definition) is 2. The molecule has 1 aliphatic rings. The molecule has 0 aromatic heterocycles. The number of carbonyl (C=O) groups excluding carboxylic acids is 1. The van der Waals surface area contributed by atoms with Gasteiger partial charge in [-0.3, -0.25) is 4.79 Å². The predicted molar refractivity (Wildman–Crippen MR) is 72.4 cm³/mol. The lowest BCUT2D eigenvalue weighted by Crippen LogP contribution is -2.28. The van der Waals surface area contributed by atoms with E-state index in [0.29, 0.717) is 11.5 Å². The van der Waals surface area contributed by atoms with E-state index in [2.05, 4.69) is 6.92 Å². The average molecular weight is 261 g/mol. The van der Waals surface area contributed by atoms with E-state index in [-0.39, 0.29) is 11.5 Å². The minimum Gasteiger partial charge on any atom is -0.478 e. The van der Waals surface area contributed by atoms with Crippen LogP contribution in [-0.4, -0.2) is 35.0 Å². The maximum Gasteiger partial charge on any atom is 0.335 e. The second kappa shape index (κ2) is 5.43. The van der Waals surface area contributed by atoms with E-state index < -0.39 is 5.97 Å². The van der Waals surface area contributed by atoms with Crippen molar-refractivity contribution in [3.63, 3.8) is 0 Å². The van der Waals surface area contributed by atoms with Crippen molar-refractivity contribution in [3.05, 3.63) is 34.9 Å². The van der Waals surface area contributed by atoms with E-state index in [1.807, 2.05) is 11.8 Å². The summed E-state index contributed by atoms with van der Waals surface area (Å²) in [6.45, 7) is 5.50. The summed E-state index contributed by atoms with van der Waals surface area (Å²) < 4.78 is 0. The monoisotopic (exact) mass is 261 g/mol. The van der Waals surface area contributed by atoms with Crippen LogP contribution in [0.5, 0.6) is 0 Å². The normalized spacial score (nSPS) is 18.6. The summed E-state index contributed by atoms with van der Waals surface area (Å²) >= 11 is 0. The summed E-state index contributed by atoms with van der Waals surface area (Å²) in [5, 5.41) is 9.04. The van der Waals surface area contributed by atoms with Gasteiger partial charge < -0.3 is 10.0 Å². The molecule has 1 heterocycles. The van der Waals surface area contributed by atoms with Gasteiger partial charge in [-0.15, -0.1) is 0 Å². The van der Waals surface area contributed by atoms with Crippen molar-refractivity contribution in [3.8, 4) is 0 Å². The van der Waals surface area contributed by atoms with Crippen LogP contribution in [0.25, 0.3) is 0 Å². The van der Waals surface area contributed by atoms with Crippen LogP contribution in [0.2, 0.25) is 0 Å². The zero-order valence-corrected chi connectivity index (χ0v) is 11.3. The van der Waals surface area contributed by atoms with Crippen LogP contribution >= 0.6 is 0 Å². The molecule has 4 heteroatoms. The van der Waals surface area contributed by atoms with Crippen molar-refractivity contribution in [2.24, 2.45) is 5.92 Å². The maximum atomic E-state index is 12.4. The quantitative estimate of drug-likeness (QED) is 0.909. The Morgan fingerprint density at radius 3 is 2.58 bits per heavy atom. The van der Waals surface area contributed by atoms with Gasteiger partial charge in [-0.1, -0.05) is 13.3 Å². The molecule has 0 spiro atoms. The number of nitrogens with zero attached hydrogens (tertiary/aromatic N) is 1. The van der Waals surface area contributed by atoms with Crippen molar-refractivity contribution in [2.75, 3.05) is 13.1 Å². The molecule has 1 unspecified atom stereocenters. The van der Waals surface area contributed by atoms with Gasteiger partial charge in [-0.05, 0) is 43.0 Å². The molecule has 19 heavy (non-hydrogen) atoms. The van der Waals surface area contributed by atoms with Crippen LogP contribution < -0.4 is 0 Å². The molecule has 0 aliphatic carbocycles. The fraction of sp³-hybridized carbons (Fsp3) is 0.467. The molecular formula is C15H19NO3. The van der Waals surface area contributed by atoms with Gasteiger partial charge in [0.1, 0.15) is 0 Å². The van der Waals surface area contributed by atoms with E-state index in [0.717, 1.165) is 31.5 Å². The summed E-state index contributed by atoms with van der Waals surface area (Å²) in [6.07, 6.45) is 2.12. The fourth-order valence-electron chi connectivity index (χ4n) is 2.56. The van der Waals surface area contributed by atoms with Crippen molar-refractivity contribution >= 4 is 11.9 Å². The first-order chi connectivity index (χ1) is 9.01. The van der Waals surface area contributed by atoms with Gasteiger partial charge in [0, 0.05) is 18.7 Å². The van der Waals surface area contributed by atoms with Gasteiger partial charge in [0.2, 0.25) is 0 Å². The number of aromatic carboxylic acids is 1. The zero-order chi connectivity index (χ0) is 14.0. The minimum atomic E-state index is -0.995. The lowest BCUT2D eigenvalue weighted by Gasteiger charge is -2.17. The molecule has 102 valence electrons. The first-order valence-electron chi connectivity index (χ1n) is 6.65. The van der Waals surface area contributed by atoms with Crippen LogP contribution in [-0.2, 0) is 0 Å². The number of rotatable bonds is 3.